The summed E-state index contributed by atoms with van der Waals surface area (Å²) in [4.78, 5) is 14.4. The molecule has 6 heteroatoms. The molecule has 0 spiro atoms. The third-order valence-electron chi connectivity index (χ3n) is 3.37. The van der Waals surface area contributed by atoms with Gasteiger partial charge in [0, 0.05) is 11.3 Å². The lowest BCUT2D eigenvalue weighted by atomic mass is 9.99. The Morgan fingerprint density at radius 2 is 2.15 bits per heavy atom. The van der Waals surface area contributed by atoms with Crippen molar-refractivity contribution in [2.24, 2.45) is 0 Å². The average Bonchev–Trinajstić information content (AvgIpc) is 3.05. The summed E-state index contributed by atoms with van der Waals surface area (Å²) in [6, 6.07) is 2.04. The van der Waals surface area contributed by atoms with E-state index in [-0.39, 0.29) is 5.91 Å². The number of nitrogens with one attached hydrogen (secondary N) is 1. The SMILES string of the molecule is CCCc1nnc(NC(=O)c2cc3c(s2)CCCC3)s1. The van der Waals surface area contributed by atoms with Gasteiger partial charge in [-0.25, -0.2) is 0 Å². The zero-order valence-corrected chi connectivity index (χ0v) is 13.1. The molecule has 1 aliphatic rings. The van der Waals surface area contributed by atoms with Crippen molar-refractivity contribution in [3.05, 3.63) is 26.4 Å². The number of thiophene rings is 1. The Morgan fingerprint density at radius 1 is 1.30 bits per heavy atom. The van der Waals surface area contributed by atoms with Crippen LogP contribution in [0.4, 0.5) is 5.13 Å². The van der Waals surface area contributed by atoms with Gasteiger partial charge < -0.3 is 0 Å². The van der Waals surface area contributed by atoms with Gasteiger partial charge in [0.15, 0.2) is 0 Å². The van der Waals surface area contributed by atoms with Crippen LogP contribution in [0.1, 0.15) is 51.3 Å². The Morgan fingerprint density at radius 3 is 2.95 bits per heavy atom. The minimum atomic E-state index is -0.0522. The molecule has 0 bridgehead atoms. The summed E-state index contributed by atoms with van der Waals surface area (Å²) in [5.74, 6) is -0.0522. The van der Waals surface area contributed by atoms with E-state index in [0.29, 0.717) is 5.13 Å². The molecule has 1 N–H and O–H groups in total. The fourth-order valence-electron chi connectivity index (χ4n) is 2.38. The number of nitrogens with zero attached hydrogens (tertiary/aromatic N) is 2. The summed E-state index contributed by atoms with van der Waals surface area (Å²) in [5, 5.41) is 12.5. The number of anilines is 1. The summed E-state index contributed by atoms with van der Waals surface area (Å²) in [6.07, 6.45) is 6.67. The molecule has 0 unspecified atom stereocenters. The number of fused-ring (bicyclic) bond motifs is 1. The van der Waals surface area contributed by atoms with Gasteiger partial charge in [-0.1, -0.05) is 18.3 Å². The van der Waals surface area contributed by atoms with Gasteiger partial charge in [-0.15, -0.1) is 21.5 Å². The van der Waals surface area contributed by atoms with Gasteiger partial charge in [0.05, 0.1) is 4.88 Å². The summed E-state index contributed by atoms with van der Waals surface area (Å²) in [6.45, 7) is 2.11. The van der Waals surface area contributed by atoms with Crippen LogP contribution in [0, 0.1) is 0 Å². The van der Waals surface area contributed by atoms with Crippen molar-refractivity contribution in [1.29, 1.82) is 0 Å². The maximum atomic E-state index is 12.2. The maximum absolute atomic E-state index is 12.2. The molecule has 2 aromatic rings. The summed E-state index contributed by atoms with van der Waals surface area (Å²) < 4.78 is 0. The lowest BCUT2D eigenvalue weighted by Gasteiger charge is -2.08. The summed E-state index contributed by atoms with van der Waals surface area (Å²) >= 11 is 3.09. The molecule has 0 fully saturated rings. The lowest BCUT2D eigenvalue weighted by molar-refractivity contribution is 0.103. The molecule has 1 amide bonds. The number of rotatable bonds is 4. The van der Waals surface area contributed by atoms with E-state index in [1.165, 1.54) is 34.6 Å². The van der Waals surface area contributed by atoms with Gasteiger partial charge in [0.2, 0.25) is 5.13 Å². The second-order valence-electron chi connectivity index (χ2n) is 4.97. The molecule has 20 heavy (non-hydrogen) atoms. The number of aromatic nitrogens is 2. The van der Waals surface area contributed by atoms with Crippen molar-refractivity contribution in [3.8, 4) is 0 Å². The Bertz CT molecular complexity index is 594. The van der Waals surface area contributed by atoms with Crippen LogP contribution in [0.3, 0.4) is 0 Å². The molecule has 2 heterocycles. The van der Waals surface area contributed by atoms with Crippen molar-refractivity contribution < 1.29 is 4.79 Å². The van der Waals surface area contributed by atoms with Gasteiger partial charge in [-0.2, -0.15) is 0 Å². The second-order valence-corrected chi connectivity index (χ2v) is 7.17. The highest BCUT2D eigenvalue weighted by Gasteiger charge is 2.18. The van der Waals surface area contributed by atoms with E-state index in [4.69, 9.17) is 0 Å². The monoisotopic (exact) mass is 307 g/mol. The van der Waals surface area contributed by atoms with Gasteiger partial charge in [0.1, 0.15) is 5.01 Å². The normalized spacial score (nSPS) is 14.1. The first-order chi connectivity index (χ1) is 9.76. The fourth-order valence-corrected chi connectivity index (χ4v) is 4.37. The highest BCUT2D eigenvalue weighted by atomic mass is 32.1. The van der Waals surface area contributed by atoms with Gasteiger partial charge in [-0.3, -0.25) is 10.1 Å². The maximum Gasteiger partial charge on any atom is 0.267 e. The van der Waals surface area contributed by atoms with E-state index in [1.807, 2.05) is 6.07 Å². The third-order valence-corrected chi connectivity index (χ3v) is 5.51. The molecule has 2 aromatic heterocycles. The Kier molecular flexibility index (Phi) is 4.12. The zero-order valence-electron chi connectivity index (χ0n) is 11.4. The van der Waals surface area contributed by atoms with E-state index in [1.54, 1.807) is 11.3 Å². The first-order valence-electron chi connectivity index (χ1n) is 7.01. The van der Waals surface area contributed by atoms with Crippen LogP contribution in [0.2, 0.25) is 0 Å². The zero-order chi connectivity index (χ0) is 13.9. The first kappa shape index (κ1) is 13.7. The molecule has 0 aromatic carbocycles. The van der Waals surface area contributed by atoms with Crippen LogP contribution in [0.15, 0.2) is 6.07 Å². The summed E-state index contributed by atoms with van der Waals surface area (Å²) in [7, 11) is 0. The number of hydrogen-bond acceptors (Lipinski definition) is 5. The van der Waals surface area contributed by atoms with Crippen molar-refractivity contribution in [2.45, 2.75) is 45.4 Å². The Hall–Kier alpha value is -1.27. The minimum absolute atomic E-state index is 0.0522. The molecular formula is C14H17N3OS2. The lowest BCUT2D eigenvalue weighted by Crippen LogP contribution is -2.09. The molecule has 3 rings (SSSR count). The van der Waals surface area contributed by atoms with E-state index in [9.17, 15) is 4.79 Å². The van der Waals surface area contributed by atoms with E-state index in [2.05, 4.69) is 22.4 Å². The molecule has 0 aliphatic heterocycles. The molecule has 4 nitrogen and oxygen atoms in total. The van der Waals surface area contributed by atoms with Gasteiger partial charge >= 0.3 is 0 Å². The third kappa shape index (κ3) is 2.91. The smallest absolute Gasteiger partial charge is 0.267 e. The Balaban J connectivity index is 1.70. The van der Waals surface area contributed by atoms with E-state index in [0.717, 1.165) is 35.6 Å². The van der Waals surface area contributed by atoms with Crippen LogP contribution < -0.4 is 5.32 Å². The standard InChI is InChI=1S/C14H17N3OS2/c1-2-5-12-16-17-14(20-12)15-13(18)11-8-9-6-3-4-7-10(9)19-11/h8H,2-7H2,1H3,(H,15,17,18). The van der Waals surface area contributed by atoms with Gasteiger partial charge in [-0.05, 0) is 43.7 Å². The number of carbonyl (C=O) groups excluding carboxylic acids is 1. The highest BCUT2D eigenvalue weighted by Crippen LogP contribution is 2.30. The minimum Gasteiger partial charge on any atom is -0.296 e. The van der Waals surface area contributed by atoms with Crippen molar-refractivity contribution in [1.82, 2.24) is 10.2 Å². The molecule has 0 radical (unpaired) electrons. The molecule has 0 saturated carbocycles. The van der Waals surface area contributed by atoms with Crippen molar-refractivity contribution in [2.75, 3.05) is 5.32 Å². The topological polar surface area (TPSA) is 54.9 Å². The van der Waals surface area contributed by atoms with Crippen LogP contribution in [-0.4, -0.2) is 16.1 Å². The highest BCUT2D eigenvalue weighted by molar-refractivity contribution is 7.16. The number of aryl methyl sites for hydroxylation is 3. The predicted molar refractivity (Wildman–Crippen MR) is 82.8 cm³/mol. The molecule has 0 atom stereocenters. The summed E-state index contributed by atoms with van der Waals surface area (Å²) in [5.41, 5.74) is 1.36. The van der Waals surface area contributed by atoms with Crippen LogP contribution in [0.5, 0.6) is 0 Å². The fraction of sp³-hybridized carbons (Fsp3) is 0.500. The molecular weight excluding hydrogens is 290 g/mol. The largest absolute Gasteiger partial charge is 0.296 e. The quantitative estimate of drug-likeness (QED) is 0.937. The predicted octanol–water partition coefficient (Wildman–Crippen LogP) is 3.68. The number of amides is 1. The van der Waals surface area contributed by atoms with E-state index >= 15 is 0 Å². The Labute approximate surface area is 126 Å². The first-order valence-corrected chi connectivity index (χ1v) is 8.65. The molecule has 0 saturated heterocycles. The average molecular weight is 307 g/mol. The van der Waals surface area contributed by atoms with Crippen molar-refractivity contribution in [3.63, 3.8) is 0 Å². The van der Waals surface area contributed by atoms with Crippen LogP contribution in [0.25, 0.3) is 0 Å². The second kappa shape index (κ2) is 6.01. The van der Waals surface area contributed by atoms with Crippen LogP contribution in [-0.2, 0) is 19.3 Å². The molecule has 106 valence electrons. The van der Waals surface area contributed by atoms with Gasteiger partial charge in [0.25, 0.3) is 5.91 Å². The number of carbonyl (C=O) groups is 1. The van der Waals surface area contributed by atoms with Crippen molar-refractivity contribution >= 4 is 33.7 Å². The van der Waals surface area contributed by atoms with E-state index < -0.39 is 0 Å². The number of hydrogen-bond donors (Lipinski definition) is 1. The molecule has 1 aliphatic carbocycles. The van der Waals surface area contributed by atoms with Crippen LogP contribution >= 0.6 is 22.7 Å².